The van der Waals surface area contributed by atoms with Crippen molar-refractivity contribution in [1.82, 2.24) is 0 Å². The van der Waals surface area contributed by atoms with E-state index in [9.17, 15) is 4.39 Å². The van der Waals surface area contributed by atoms with E-state index in [-0.39, 0.29) is 5.56 Å². The van der Waals surface area contributed by atoms with Crippen molar-refractivity contribution in [2.75, 3.05) is 0 Å². The molecule has 1 nitrogen and oxygen atoms in total. The number of nitriles is 1. The Labute approximate surface area is 120 Å². The molecule has 19 heavy (non-hydrogen) atoms. The fraction of sp³-hybridized carbons (Fsp3) is 0.133. The van der Waals surface area contributed by atoms with E-state index in [0.717, 1.165) is 17.1 Å². The third kappa shape index (κ3) is 4.30. The highest BCUT2D eigenvalue weighted by atomic mass is 33.1. The van der Waals surface area contributed by atoms with Gasteiger partial charge in [0.25, 0.3) is 0 Å². The minimum atomic E-state index is -0.436. The first-order valence-electron chi connectivity index (χ1n) is 5.76. The second-order valence-electron chi connectivity index (χ2n) is 3.94. The largest absolute Gasteiger partial charge is 0.206 e. The molecular formula is C15H12FNS2. The SMILES string of the molecule is N#Cc1ccc(CSSCc2ccccc2)cc1F. The van der Waals surface area contributed by atoms with Crippen LogP contribution in [0.1, 0.15) is 16.7 Å². The number of nitrogens with zero attached hydrogens (tertiary/aromatic N) is 1. The maximum Gasteiger partial charge on any atom is 0.141 e. The zero-order valence-electron chi connectivity index (χ0n) is 10.2. The van der Waals surface area contributed by atoms with Crippen molar-refractivity contribution in [3.05, 3.63) is 71.0 Å². The Morgan fingerprint density at radius 1 is 0.947 bits per heavy atom. The van der Waals surface area contributed by atoms with Crippen molar-refractivity contribution < 1.29 is 4.39 Å². The van der Waals surface area contributed by atoms with Crippen molar-refractivity contribution in [2.24, 2.45) is 0 Å². The van der Waals surface area contributed by atoms with Crippen LogP contribution in [0.25, 0.3) is 0 Å². The molecule has 0 atom stereocenters. The van der Waals surface area contributed by atoms with Crippen LogP contribution in [0.3, 0.4) is 0 Å². The Morgan fingerprint density at radius 2 is 1.63 bits per heavy atom. The minimum absolute atomic E-state index is 0.102. The topological polar surface area (TPSA) is 23.8 Å². The summed E-state index contributed by atoms with van der Waals surface area (Å²) in [5, 5.41) is 8.65. The molecule has 0 heterocycles. The Balaban J connectivity index is 1.80. The smallest absolute Gasteiger partial charge is 0.141 e. The van der Waals surface area contributed by atoms with Crippen LogP contribution < -0.4 is 0 Å². The number of hydrogen-bond donors (Lipinski definition) is 0. The van der Waals surface area contributed by atoms with Crippen molar-refractivity contribution in [1.29, 1.82) is 5.26 Å². The van der Waals surface area contributed by atoms with Crippen molar-refractivity contribution in [3.63, 3.8) is 0 Å². The third-order valence-electron chi connectivity index (χ3n) is 2.53. The molecule has 0 radical (unpaired) electrons. The van der Waals surface area contributed by atoms with Crippen molar-refractivity contribution >= 4 is 21.6 Å². The van der Waals surface area contributed by atoms with Gasteiger partial charge in [0, 0.05) is 11.5 Å². The maximum absolute atomic E-state index is 13.4. The minimum Gasteiger partial charge on any atom is -0.206 e. The molecule has 0 unspecified atom stereocenters. The Hall–Kier alpha value is -1.44. The molecule has 2 aromatic rings. The monoisotopic (exact) mass is 289 g/mol. The van der Waals surface area contributed by atoms with E-state index in [2.05, 4.69) is 12.1 Å². The van der Waals surface area contributed by atoms with Crippen LogP contribution in [0.4, 0.5) is 4.39 Å². The summed E-state index contributed by atoms with van der Waals surface area (Å²) in [6.45, 7) is 0. The molecule has 0 aliphatic carbocycles. The van der Waals surface area contributed by atoms with E-state index in [1.165, 1.54) is 17.7 Å². The second kappa shape index (κ2) is 7.22. The van der Waals surface area contributed by atoms with Gasteiger partial charge in [-0.05, 0) is 23.3 Å². The lowest BCUT2D eigenvalue weighted by Gasteiger charge is -2.03. The van der Waals surface area contributed by atoms with Gasteiger partial charge < -0.3 is 0 Å². The number of benzene rings is 2. The number of hydrogen-bond acceptors (Lipinski definition) is 3. The standard InChI is InChI=1S/C15H12FNS2/c16-15-8-13(6-7-14(15)9-17)11-19-18-10-12-4-2-1-3-5-12/h1-8H,10-11H2. The summed E-state index contributed by atoms with van der Waals surface area (Å²) in [6.07, 6.45) is 0. The molecule has 4 heteroatoms. The summed E-state index contributed by atoms with van der Waals surface area (Å²) in [7, 11) is 3.44. The molecule has 0 bridgehead atoms. The van der Waals surface area contributed by atoms with Crippen LogP contribution in [-0.4, -0.2) is 0 Å². The molecular weight excluding hydrogens is 277 g/mol. The van der Waals surface area contributed by atoms with Crippen LogP contribution in [0, 0.1) is 17.1 Å². The van der Waals surface area contributed by atoms with Gasteiger partial charge in [-0.3, -0.25) is 0 Å². The molecule has 0 saturated carbocycles. The van der Waals surface area contributed by atoms with E-state index >= 15 is 0 Å². The maximum atomic E-state index is 13.4. The van der Waals surface area contributed by atoms with Gasteiger partial charge in [0.05, 0.1) is 5.56 Å². The van der Waals surface area contributed by atoms with Gasteiger partial charge >= 0.3 is 0 Å². The van der Waals surface area contributed by atoms with E-state index in [1.807, 2.05) is 24.3 Å². The van der Waals surface area contributed by atoms with Gasteiger partial charge in [0.15, 0.2) is 0 Å². The average Bonchev–Trinajstić information content (AvgIpc) is 2.45. The second-order valence-corrected chi connectivity index (χ2v) is 6.40. The molecule has 0 amide bonds. The summed E-state index contributed by atoms with van der Waals surface area (Å²) in [5.41, 5.74) is 2.29. The molecule has 0 saturated heterocycles. The fourth-order valence-corrected chi connectivity index (χ4v) is 3.66. The van der Waals surface area contributed by atoms with Crippen LogP contribution in [-0.2, 0) is 11.5 Å². The van der Waals surface area contributed by atoms with Gasteiger partial charge in [0.2, 0.25) is 0 Å². The van der Waals surface area contributed by atoms with Crippen molar-refractivity contribution in [3.8, 4) is 6.07 Å². The lowest BCUT2D eigenvalue weighted by atomic mass is 10.1. The molecule has 0 N–H and O–H groups in total. The van der Waals surface area contributed by atoms with Gasteiger partial charge in [-0.25, -0.2) is 4.39 Å². The summed E-state index contributed by atoms with van der Waals surface area (Å²) in [5.74, 6) is 1.23. The summed E-state index contributed by atoms with van der Waals surface area (Å²) in [6, 6.07) is 16.8. The van der Waals surface area contributed by atoms with Gasteiger partial charge in [-0.15, -0.1) is 0 Å². The van der Waals surface area contributed by atoms with Crippen LogP contribution in [0.15, 0.2) is 48.5 Å². The van der Waals surface area contributed by atoms with Gasteiger partial charge in [0.1, 0.15) is 11.9 Å². The molecule has 0 spiro atoms. The first kappa shape index (κ1) is 14.0. The Morgan fingerprint density at radius 3 is 2.26 bits per heavy atom. The highest BCUT2D eigenvalue weighted by molar-refractivity contribution is 8.76. The lowest BCUT2D eigenvalue weighted by Crippen LogP contribution is -1.87. The molecule has 0 aliphatic heterocycles. The van der Waals surface area contributed by atoms with Gasteiger partial charge in [-0.2, -0.15) is 5.26 Å². The van der Waals surface area contributed by atoms with E-state index in [1.54, 1.807) is 27.7 Å². The summed E-state index contributed by atoms with van der Waals surface area (Å²) >= 11 is 0. The zero-order valence-corrected chi connectivity index (χ0v) is 11.8. The molecule has 0 aliphatic rings. The number of rotatable bonds is 5. The normalized spacial score (nSPS) is 10.1. The zero-order chi connectivity index (χ0) is 13.5. The fourth-order valence-electron chi connectivity index (χ4n) is 1.53. The molecule has 2 rings (SSSR count). The van der Waals surface area contributed by atoms with Gasteiger partial charge in [-0.1, -0.05) is 58.0 Å². The molecule has 0 fully saturated rings. The summed E-state index contributed by atoms with van der Waals surface area (Å²) in [4.78, 5) is 0. The molecule has 0 aromatic heterocycles. The summed E-state index contributed by atoms with van der Waals surface area (Å²) < 4.78 is 13.4. The average molecular weight is 289 g/mol. The Bertz CT molecular complexity index is 578. The predicted molar refractivity (Wildman–Crippen MR) is 80.1 cm³/mol. The quantitative estimate of drug-likeness (QED) is 0.584. The van der Waals surface area contributed by atoms with E-state index in [4.69, 9.17) is 5.26 Å². The van der Waals surface area contributed by atoms with Crippen LogP contribution in [0.2, 0.25) is 0 Å². The molecule has 96 valence electrons. The lowest BCUT2D eigenvalue weighted by molar-refractivity contribution is 0.622. The highest BCUT2D eigenvalue weighted by Gasteiger charge is 2.03. The van der Waals surface area contributed by atoms with E-state index < -0.39 is 5.82 Å². The first-order valence-corrected chi connectivity index (χ1v) is 8.25. The predicted octanol–water partition coefficient (Wildman–Crippen LogP) is 4.78. The molecule has 2 aromatic carbocycles. The van der Waals surface area contributed by atoms with Crippen molar-refractivity contribution in [2.45, 2.75) is 11.5 Å². The van der Waals surface area contributed by atoms with E-state index in [0.29, 0.717) is 0 Å². The number of halogens is 1. The third-order valence-corrected chi connectivity index (χ3v) is 4.81. The van der Waals surface area contributed by atoms with Crippen LogP contribution in [0.5, 0.6) is 0 Å². The highest BCUT2D eigenvalue weighted by Crippen LogP contribution is 2.29. The Kier molecular flexibility index (Phi) is 5.31. The van der Waals surface area contributed by atoms with Crippen LogP contribution >= 0.6 is 21.6 Å². The first-order chi connectivity index (χ1) is 9.29.